The molecule has 0 amide bonds. The van der Waals surface area contributed by atoms with Crippen LogP contribution in [0.4, 0.5) is 5.69 Å². The Labute approximate surface area is 116 Å². The van der Waals surface area contributed by atoms with Crippen molar-refractivity contribution in [3.8, 4) is 0 Å². The van der Waals surface area contributed by atoms with Gasteiger partial charge in [-0.2, -0.15) is 0 Å². The molecule has 0 aliphatic carbocycles. The molecule has 1 heterocycles. The third-order valence-corrected chi connectivity index (χ3v) is 3.85. The zero-order valence-electron chi connectivity index (χ0n) is 10.8. The lowest BCUT2D eigenvalue weighted by Gasteiger charge is -2.19. The van der Waals surface area contributed by atoms with Gasteiger partial charge >= 0.3 is 0 Å². The number of para-hydroxylation sites is 1. The van der Waals surface area contributed by atoms with E-state index >= 15 is 0 Å². The number of benzene rings is 1. The van der Waals surface area contributed by atoms with E-state index in [1.807, 2.05) is 23.6 Å². The Kier molecular flexibility index (Phi) is 4.65. The van der Waals surface area contributed by atoms with Gasteiger partial charge in [-0.3, -0.25) is 15.0 Å². The Hall–Kier alpha value is -1.72. The number of hydrogen-bond donors (Lipinski definition) is 0. The van der Waals surface area contributed by atoms with Crippen molar-refractivity contribution in [2.75, 3.05) is 6.54 Å². The molecule has 0 spiro atoms. The minimum absolute atomic E-state index is 0.201. The molecule has 1 aromatic carbocycles. The summed E-state index contributed by atoms with van der Waals surface area (Å²) in [7, 11) is 0. The monoisotopic (exact) mass is 276 g/mol. The molecule has 4 nitrogen and oxygen atoms in total. The summed E-state index contributed by atoms with van der Waals surface area (Å²) in [5.41, 5.74) is 0.970. The topological polar surface area (TPSA) is 46.4 Å². The number of nitrogens with zero attached hydrogens (tertiary/aromatic N) is 2. The van der Waals surface area contributed by atoms with Crippen LogP contribution in [0.15, 0.2) is 41.8 Å². The fraction of sp³-hybridized carbons (Fsp3) is 0.286. The minimum Gasteiger partial charge on any atom is -0.294 e. The lowest BCUT2D eigenvalue weighted by atomic mass is 10.1. The van der Waals surface area contributed by atoms with Crippen molar-refractivity contribution in [1.82, 2.24) is 4.90 Å². The number of nitro groups is 1. The molecule has 5 heteroatoms. The highest BCUT2D eigenvalue weighted by Gasteiger charge is 2.15. The van der Waals surface area contributed by atoms with Crippen molar-refractivity contribution in [1.29, 1.82) is 0 Å². The zero-order chi connectivity index (χ0) is 13.7. The predicted octanol–water partition coefficient (Wildman–Crippen LogP) is 3.68. The molecule has 0 unspecified atom stereocenters. The fourth-order valence-electron chi connectivity index (χ4n) is 1.97. The van der Waals surface area contributed by atoms with Gasteiger partial charge in [0.15, 0.2) is 0 Å². The van der Waals surface area contributed by atoms with Crippen LogP contribution in [-0.4, -0.2) is 16.4 Å². The second-order valence-electron chi connectivity index (χ2n) is 4.27. The summed E-state index contributed by atoms with van der Waals surface area (Å²) in [6, 6.07) is 11.1. The zero-order valence-corrected chi connectivity index (χ0v) is 11.6. The van der Waals surface area contributed by atoms with Crippen LogP contribution in [-0.2, 0) is 13.1 Å². The molecule has 100 valence electrons. The van der Waals surface area contributed by atoms with Gasteiger partial charge in [0, 0.05) is 29.6 Å². The highest BCUT2D eigenvalue weighted by molar-refractivity contribution is 7.09. The van der Waals surface area contributed by atoms with Crippen LogP contribution in [0.25, 0.3) is 0 Å². The summed E-state index contributed by atoms with van der Waals surface area (Å²) in [5, 5.41) is 13.0. The average molecular weight is 276 g/mol. The average Bonchev–Trinajstić information content (AvgIpc) is 2.91. The molecule has 19 heavy (non-hydrogen) atoms. The van der Waals surface area contributed by atoms with Gasteiger partial charge in [0.05, 0.1) is 4.92 Å². The highest BCUT2D eigenvalue weighted by atomic mass is 32.1. The van der Waals surface area contributed by atoms with Crippen molar-refractivity contribution in [3.63, 3.8) is 0 Å². The van der Waals surface area contributed by atoms with Gasteiger partial charge in [-0.05, 0) is 18.0 Å². The molecule has 2 aromatic rings. The molecule has 0 bridgehead atoms. The van der Waals surface area contributed by atoms with E-state index in [0.29, 0.717) is 6.54 Å². The SMILES string of the molecule is CCN(Cc1cccs1)Cc1ccccc1[N+](=O)[O-]. The molecule has 2 rings (SSSR count). The largest absolute Gasteiger partial charge is 0.294 e. The minimum atomic E-state index is -0.311. The number of rotatable bonds is 6. The Morgan fingerprint density at radius 1 is 1.21 bits per heavy atom. The van der Waals surface area contributed by atoms with Crippen molar-refractivity contribution >= 4 is 17.0 Å². The van der Waals surface area contributed by atoms with Gasteiger partial charge in [0.2, 0.25) is 0 Å². The Morgan fingerprint density at radius 3 is 2.63 bits per heavy atom. The second kappa shape index (κ2) is 6.45. The fourth-order valence-corrected chi connectivity index (χ4v) is 2.71. The van der Waals surface area contributed by atoms with Crippen LogP contribution in [0.1, 0.15) is 17.4 Å². The first-order valence-corrected chi connectivity index (χ1v) is 7.05. The van der Waals surface area contributed by atoms with Crippen molar-refractivity contribution < 1.29 is 4.92 Å². The Bertz CT molecular complexity index is 540. The third-order valence-electron chi connectivity index (χ3n) is 2.99. The van der Waals surface area contributed by atoms with E-state index in [0.717, 1.165) is 18.7 Å². The maximum Gasteiger partial charge on any atom is 0.273 e. The maximum atomic E-state index is 11.0. The van der Waals surface area contributed by atoms with Crippen LogP contribution in [0.2, 0.25) is 0 Å². The van der Waals surface area contributed by atoms with Crippen LogP contribution in [0, 0.1) is 10.1 Å². The van der Waals surface area contributed by atoms with Crippen molar-refractivity contribution in [2.24, 2.45) is 0 Å². The van der Waals surface area contributed by atoms with E-state index in [4.69, 9.17) is 0 Å². The quantitative estimate of drug-likeness (QED) is 0.597. The number of hydrogen-bond acceptors (Lipinski definition) is 4. The molecule has 0 radical (unpaired) electrons. The third kappa shape index (κ3) is 3.62. The van der Waals surface area contributed by atoms with Gasteiger partial charge in [-0.15, -0.1) is 11.3 Å². The lowest BCUT2D eigenvalue weighted by Crippen LogP contribution is -2.22. The summed E-state index contributed by atoms with van der Waals surface area (Å²) in [6.07, 6.45) is 0. The molecule has 0 atom stereocenters. The Morgan fingerprint density at radius 2 is 2.00 bits per heavy atom. The van der Waals surface area contributed by atoms with E-state index in [9.17, 15) is 10.1 Å². The molecule has 0 saturated heterocycles. The summed E-state index contributed by atoms with van der Waals surface area (Å²) >= 11 is 1.71. The highest BCUT2D eigenvalue weighted by Crippen LogP contribution is 2.21. The van der Waals surface area contributed by atoms with E-state index in [-0.39, 0.29) is 10.6 Å². The predicted molar refractivity (Wildman–Crippen MR) is 77.2 cm³/mol. The van der Waals surface area contributed by atoms with Crippen molar-refractivity contribution in [3.05, 3.63) is 62.3 Å². The first-order chi connectivity index (χ1) is 9.20. The van der Waals surface area contributed by atoms with E-state index in [1.54, 1.807) is 23.5 Å². The first kappa shape index (κ1) is 13.7. The van der Waals surface area contributed by atoms with Gasteiger partial charge in [-0.25, -0.2) is 0 Å². The van der Waals surface area contributed by atoms with Crippen LogP contribution in [0.3, 0.4) is 0 Å². The molecule has 1 aromatic heterocycles. The van der Waals surface area contributed by atoms with Gasteiger partial charge in [-0.1, -0.05) is 31.2 Å². The molecular weight excluding hydrogens is 260 g/mol. The van der Waals surface area contributed by atoms with Gasteiger partial charge in [0.25, 0.3) is 5.69 Å². The standard InChI is InChI=1S/C14H16N2O2S/c1-2-15(11-13-7-5-9-19-13)10-12-6-3-4-8-14(12)16(17)18/h3-9H,2,10-11H2,1H3. The van der Waals surface area contributed by atoms with Crippen LogP contribution < -0.4 is 0 Å². The first-order valence-electron chi connectivity index (χ1n) is 6.17. The molecule has 0 N–H and O–H groups in total. The van der Waals surface area contributed by atoms with Crippen molar-refractivity contribution in [2.45, 2.75) is 20.0 Å². The van der Waals surface area contributed by atoms with E-state index in [2.05, 4.69) is 17.9 Å². The van der Waals surface area contributed by atoms with E-state index in [1.165, 1.54) is 4.88 Å². The molecule has 0 fully saturated rings. The van der Waals surface area contributed by atoms with E-state index < -0.39 is 0 Å². The molecular formula is C14H16N2O2S. The maximum absolute atomic E-state index is 11.0. The second-order valence-corrected chi connectivity index (χ2v) is 5.30. The molecule has 0 saturated carbocycles. The summed E-state index contributed by atoms with van der Waals surface area (Å²) in [4.78, 5) is 14.2. The van der Waals surface area contributed by atoms with Crippen LogP contribution in [0.5, 0.6) is 0 Å². The molecule has 0 aliphatic rings. The summed E-state index contributed by atoms with van der Waals surface area (Å²) in [6.45, 7) is 4.37. The van der Waals surface area contributed by atoms with Crippen LogP contribution >= 0.6 is 11.3 Å². The van der Waals surface area contributed by atoms with Gasteiger partial charge < -0.3 is 0 Å². The number of nitro benzene ring substituents is 1. The Balaban J connectivity index is 2.12. The smallest absolute Gasteiger partial charge is 0.273 e. The summed E-state index contributed by atoms with van der Waals surface area (Å²) < 4.78 is 0. The molecule has 0 aliphatic heterocycles. The lowest BCUT2D eigenvalue weighted by molar-refractivity contribution is -0.385. The summed E-state index contributed by atoms with van der Waals surface area (Å²) in [5.74, 6) is 0. The normalized spacial score (nSPS) is 10.8. The van der Waals surface area contributed by atoms with Gasteiger partial charge in [0.1, 0.15) is 0 Å². The number of thiophene rings is 1.